The van der Waals surface area contributed by atoms with Crippen LogP contribution in [0.1, 0.15) is 70.7 Å². The largest absolute Gasteiger partial charge is 0.511 e. The SMILES string of the molecule is CC(=O)NC[C@H]1CN(c2ccc(-c3ccc(CNS(=O)(=O)C(F)(F)F)cc3)c(F)c2)C(=O)O1.CC(C)(C)OC(=O)NC[C@H]1CN(c2ccc(-c3ccc(CN)cc3)c(F)c2)C(=O)O1.CC(C)(C)OC(=O)NC[C@H]1CN(c2ccc(-c3ccc(CNS(=O)(=O)C(F)(F)F)cc3)c(F)c2)C(=O)O1.NC[C@H]1CN(c2ccc(-c3ccc(CNS(=O)(=O)C(F)(F)F)cc3)c(F)c2)C(=O)O1. The number of nitrogens with one attached hydrogen (secondary N) is 6. The minimum Gasteiger partial charge on any atom is -0.444 e. The Labute approximate surface area is 736 Å². The molecule has 4 aliphatic rings. The van der Waals surface area contributed by atoms with Gasteiger partial charge in [0.05, 0.1) is 68.6 Å². The van der Waals surface area contributed by atoms with Gasteiger partial charge < -0.3 is 55.8 Å². The Bertz CT molecular complexity index is 5780. The number of hydrogen-bond donors (Lipinski definition) is 8. The minimum absolute atomic E-state index is 0.00317. The molecule has 10 N–H and O–H groups in total. The fraction of sp³-hybridized carbons (Fsp3) is 0.337. The Hall–Kier alpha value is -12.4. The van der Waals surface area contributed by atoms with Crippen LogP contribution in [0.2, 0.25) is 0 Å². The topological polar surface area (TPSA) is 414 Å². The summed E-state index contributed by atoms with van der Waals surface area (Å²) in [5, 5.41) is 7.63. The highest BCUT2D eigenvalue weighted by atomic mass is 32.2. The number of alkyl carbamates (subject to hydrolysis) is 2. The number of amides is 7. The summed E-state index contributed by atoms with van der Waals surface area (Å²) in [6.45, 7) is 11.4. The third-order valence-corrected chi connectivity index (χ3v) is 22.2. The van der Waals surface area contributed by atoms with Crippen LogP contribution >= 0.6 is 0 Å². The molecule has 702 valence electrons. The Morgan fingerprint density at radius 3 is 0.808 bits per heavy atom. The van der Waals surface area contributed by atoms with Crippen molar-refractivity contribution >= 4 is 95.3 Å². The summed E-state index contributed by atoms with van der Waals surface area (Å²) in [6.07, 6.45) is -6.14. The highest BCUT2D eigenvalue weighted by Gasteiger charge is 2.48. The summed E-state index contributed by atoms with van der Waals surface area (Å²) in [4.78, 5) is 88.0. The van der Waals surface area contributed by atoms with Gasteiger partial charge in [0.25, 0.3) is 0 Å². The number of benzene rings is 8. The molecule has 47 heteroatoms. The smallest absolute Gasteiger partial charge is 0.444 e. The van der Waals surface area contributed by atoms with Crippen molar-refractivity contribution in [2.75, 3.05) is 72.0 Å². The average molecular weight is 1900 g/mol. The second-order valence-corrected chi connectivity index (χ2v) is 36.1. The number of nitrogens with two attached hydrogens (primary N) is 2. The van der Waals surface area contributed by atoms with Crippen LogP contribution in [0.3, 0.4) is 0 Å². The molecular weight excluding hydrogens is 1810 g/mol. The van der Waals surface area contributed by atoms with Crippen molar-refractivity contribution in [2.24, 2.45) is 11.5 Å². The first-order valence-electron chi connectivity index (χ1n) is 38.8. The molecule has 130 heavy (non-hydrogen) atoms. The number of carbonyl (C=O) groups is 7. The number of cyclic esters (lactones) is 4. The van der Waals surface area contributed by atoms with Crippen molar-refractivity contribution in [3.05, 3.63) is 215 Å². The first-order valence-corrected chi connectivity index (χ1v) is 43.3. The van der Waals surface area contributed by atoms with Gasteiger partial charge in [-0.25, -0.2) is 85.7 Å². The summed E-state index contributed by atoms with van der Waals surface area (Å²) in [6, 6.07) is 41.0. The zero-order valence-corrected chi connectivity index (χ0v) is 72.2. The minimum atomic E-state index is -5.48. The van der Waals surface area contributed by atoms with E-state index in [0.717, 1.165) is 23.3 Å². The van der Waals surface area contributed by atoms with Crippen molar-refractivity contribution in [3.8, 4) is 44.5 Å². The molecule has 0 bridgehead atoms. The van der Waals surface area contributed by atoms with E-state index in [0.29, 0.717) is 40.2 Å². The van der Waals surface area contributed by atoms with Gasteiger partial charge in [0.2, 0.25) is 5.91 Å². The molecule has 31 nitrogen and oxygen atoms in total. The predicted octanol–water partition coefficient (Wildman–Crippen LogP) is 13.7. The lowest BCUT2D eigenvalue weighted by Crippen LogP contribution is -2.38. The molecule has 0 spiro atoms. The van der Waals surface area contributed by atoms with Crippen LogP contribution < -0.4 is 61.2 Å². The summed E-state index contributed by atoms with van der Waals surface area (Å²) in [5.74, 6) is -2.68. The molecule has 0 saturated carbocycles. The van der Waals surface area contributed by atoms with E-state index in [2.05, 4.69) is 16.0 Å². The van der Waals surface area contributed by atoms with E-state index in [1.165, 1.54) is 162 Å². The number of sulfonamides is 3. The fourth-order valence-corrected chi connectivity index (χ4v) is 13.8. The Morgan fingerprint density at radius 1 is 0.369 bits per heavy atom. The number of carbonyl (C=O) groups excluding carboxylic acids is 7. The number of hydrogen-bond acceptors (Lipinski definition) is 21. The summed E-state index contributed by atoms with van der Waals surface area (Å²) in [7, 11) is -16.4. The zero-order chi connectivity index (χ0) is 96.0. The Morgan fingerprint density at radius 2 is 0.600 bits per heavy atom. The molecule has 4 atom stereocenters. The second-order valence-electron chi connectivity index (χ2n) is 30.9. The lowest BCUT2D eigenvalue weighted by Gasteiger charge is -2.20. The molecule has 0 unspecified atom stereocenters. The molecule has 8 aromatic carbocycles. The highest BCUT2D eigenvalue weighted by Crippen LogP contribution is 2.36. The van der Waals surface area contributed by atoms with Crippen molar-refractivity contribution in [1.29, 1.82) is 0 Å². The van der Waals surface area contributed by atoms with Crippen LogP contribution in [0.15, 0.2) is 170 Å². The van der Waals surface area contributed by atoms with Crippen molar-refractivity contribution in [1.82, 2.24) is 30.1 Å². The van der Waals surface area contributed by atoms with E-state index in [4.69, 9.17) is 39.9 Å². The van der Waals surface area contributed by atoms with Gasteiger partial charge >= 0.3 is 83.2 Å². The van der Waals surface area contributed by atoms with Crippen LogP contribution in [-0.2, 0) is 89.5 Å². The quantitative estimate of drug-likeness (QED) is 0.0195. The van der Waals surface area contributed by atoms with Gasteiger partial charge in [-0.3, -0.25) is 24.4 Å². The lowest BCUT2D eigenvalue weighted by molar-refractivity contribution is -0.119. The molecule has 0 aromatic heterocycles. The highest BCUT2D eigenvalue weighted by molar-refractivity contribution is 7.90. The molecular formula is C83H87F13N12O19S3. The summed E-state index contributed by atoms with van der Waals surface area (Å²) in [5.41, 5.74) is -0.727. The third kappa shape index (κ3) is 27.8. The standard InChI is InChI=1S/C23H25F4N3O6S.C22H26FN3O4.C20H19F4N3O5S.C18H17F4N3O4S/c1-22(2,3)36-20(31)28-12-17-13-30(21(32)35-17)16-8-9-18(19(24)10-16)15-6-4-14(5-7-15)11-29-37(33,34)23(25,26)27;1-22(2,3)30-20(27)25-12-17-13-26(21(28)29-17)16-8-9-18(19(23)10-16)15-6-4-14(11-24)5-7-15;1-12(28)25-10-16-11-27(19(29)32-16)15-6-7-17(18(21)8-15)14-4-2-13(3-5-14)9-26-33(30,31)20(22,23)24;19-16-7-13(25-10-14(8-23)29-17(25)26)5-6-15(16)12-3-1-11(2-4-12)9-24-30(27,28)18(20,21)22/h4-10,17,29H,11-13H2,1-3H3,(H,28,31);4-10,17H,11-13,24H2,1-3H3,(H,25,27);2-8,16,26H,9-11H2,1H3,(H,25,28);1-7,14,24H,8-10,23H2/t2*17-;16-;14-/m0000/s1. The van der Waals surface area contributed by atoms with Crippen molar-refractivity contribution < 1.29 is 144 Å². The molecule has 4 heterocycles. The predicted molar refractivity (Wildman–Crippen MR) is 447 cm³/mol. The fourth-order valence-electron chi connectivity index (χ4n) is 12.3. The molecule has 4 saturated heterocycles. The van der Waals surface area contributed by atoms with Gasteiger partial charge in [0.15, 0.2) is 0 Å². The molecule has 4 aliphatic heterocycles. The number of ether oxygens (including phenoxy) is 6. The summed E-state index contributed by atoms with van der Waals surface area (Å²) < 4.78 is 272. The van der Waals surface area contributed by atoms with Gasteiger partial charge in [-0.05, 0) is 159 Å². The normalized spacial score (nSPS) is 16.7. The van der Waals surface area contributed by atoms with Crippen LogP contribution in [0, 0.1) is 23.3 Å². The number of rotatable bonds is 25. The van der Waals surface area contributed by atoms with E-state index in [-0.39, 0.29) is 103 Å². The molecule has 7 amide bonds. The first kappa shape index (κ1) is 101. The van der Waals surface area contributed by atoms with Gasteiger partial charge in [0, 0.05) is 61.9 Å². The van der Waals surface area contributed by atoms with E-state index in [9.17, 15) is 116 Å². The third-order valence-electron chi connectivity index (χ3n) is 18.7. The van der Waals surface area contributed by atoms with Gasteiger partial charge in [-0.1, -0.05) is 97.1 Å². The van der Waals surface area contributed by atoms with E-state index >= 15 is 0 Å². The number of anilines is 4. The van der Waals surface area contributed by atoms with Crippen LogP contribution in [0.4, 0.5) is 109 Å². The van der Waals surface area contributed by atoms with Gasteiger partial charge in [0.1, 0.15) is 58.9 Å². The molecule has 12 rings (SSSR count). The van der Waals surface area contributed by atoms with E-state index in [1.807, 2.05) is 24.3 Å². The van der Waals surface area contributed by atoms with Gasteiger partial charge in [-0.15, -0.1) is 0 Å². The lowest BCUT2D eigenvalue weighted by atomic mass is 10.0. The molecule has 8 aromatic rings. The molecule has 0 aliphatic carbocycles. The van der Waals surface area contributed by atoms with Crippen LogP contribution in [-0.4, -0.2) is 172 Å². The Kier molecular flexibility index (Phi) is 32.7. The van der Waals surface area contributed by atoms with Crippen molar-refractivity contribution in [3.63, 3.8) is 0 Å². The number of nitrogens with zero attached hydrogens (tertiary/aromatic N) is 4. The zero-order valence-electron chi connectivity index (χ0n) is 69.8. The monoisotopic (exact) mass is 1900 g/mol. The Balaban J connectivity index is 0.000000196. The van der Waals surface area contributed by atoms with Gasteiger partial charge in [-0.2, -0.15) is 39.5 Å². The van der Waals surface area contributed by atoms with Crippen LogP contribution in [0.5, 0.6) is 0 Å². The van der Waals surface area contributed by atoms with E-state index < -0.39 is 162 Å². The van der Waals surface area contributed by atoms with E-state index in [1.54, 1.807) is 53.7 Å². The summed E-state index contributed by atoms with van der Waals surface area (Å²) >= 11 is 0. The van der Waals surface area contributed by atoms with Crippen molar-refractivity contribution in [2.45, 2.75) is 127 Å². The van der Waals surface area contributed by atoms with Crippen LogP contribution in [0.25, 0.3) is 44.5 Å². The molecule has 0 radical (unpaired) electrons. The average Bonchev–Trinajstić information content (AvgIpc) is 1.83. The number of alkyl halides is 9. The maximum Gasteiger partial charge on any atom is 0.511 e. The maximum atomic E-state index is 14.9. The second kappa shape index (κ2) is 42.0. The number of halogens is 13. The maximum absolute atomic E-state index is 14.9. The molecule has 4 fully saturated rings. The first-order chi connectivity index (χ1) is 60.6.